The van der Waals surface area contributed by atoms with E-state index in [-0.39, 0.29) is 17.7 Å². The third-order valence-electron chi connectivity index (χ3n) is 5.44. The summed E-state index contributed by atoms with van der Waals surface area (Å²) in [6.45, 7) is 0.796. The van der Waals surface area contributed by atoms with Crippen molar-refractivity contribution in [1.29, 1.82) is 0 Å². The van der Waals surface area contributed by atoms with Crippen molar-refractivity contribution in [2.75, 3.05) is 6.61 Å². The van der Waals surface area contributed by atoms with Crippen LogP contribution in [0, 0.1) is 0 Å². The molecule has 0 saturated carbocycles. The molecular weight excluding hydrogens is 482 g/mol. The van der Waals surface area contributed by atoms with Gasteiger partial charge in [0.05, 0.1) is 16.7 Å². The molecule has 0 unspecified atom stereocenters. The van der Waals surface area contributed by atoms with Crippen LogP contribution in [0.15, 0.2) is 91.0 Å². The minimum atomic E-state index is -1.40. The lowest BCUT2D eigenvalue weighted by Gasteiger charge is -2.24. The van der Waals surface area contributed by atoms with E-state index < -0.39 is 48.5 Å². The number of esters is 4. The lowest BCUT2D eigenvalue weighted by molar-refractivity contribution is -0.187. The van der Waals surface area contributed by atoms with Crippen LogP contribution in [-0.4, -0.2) is 55.1 Å². The van der Waals surface area contributed by atoms with Crippen molar-refractivity contribution in [3.05, 3.63) is 108 Å². The van der Waals surface area contributed by atoms with Gasteiger partial charge < -0.3 is 23.7 Å². The summed E-state index contributed by atoms with van der Waals surface area (Å²) in [5.41, 5.74) is 0.782. The van der Waals surface area contributed by atoms with Crippen LogP contribution in [0.3, 0.4) is 0 Å². The number of rotatable bonds is 8. The predicted octanol–water partition coefficient (Wildman–Crippen LogP) is 3.58. The summed E-state index contributed by atoms with van der Waals surface area (Å²) < 4.78 is 27.7. The minimum absolute atomic E-state index is 0.233. The lowest BCUT2D eigenvalue weighted by atomic mass is 10.1. The number of carbonyl (C=O) groups is 4. The zero-order valence-electron chi connectivity index (χ0n) is 19.9. The van der Waals surface area contributed by atoms with Crippen LogP contribution in [-0.2, 0) is 28.5 Å². The van der Waals surface area contributed by atoms with Gasteiger partial charge in [-0.1, -0.05) is 54.6 Å². The van der Waals surface area contributed by atoms with Gasteiger partial charge in [-0.2, -0.15) is 0 Å². The highest BCUT2D eigenvalue weighted by Crippen LogP contribution is 2.30. The van der Waals surface area contributed by atoms with E-state index in [9.17, 15) is 19.2 Å². The van der Waals surface area contributed by atoms with E-state index in [1.54, 1.807) is 91.0 Å². The van der Waals surface area contributed by atoms with Gasteiger partial charge in [-0.15, -0.1) is 0 Å². The Hall–Kier alpha value is -4.50. The Morgan fingerprint density at radius 1 is 0.703 bits per heavy atom. The summed E-state index contributed by atoms with van der Waals surface area (Å²) >= 11 is 0. The number of benzene rings is 3. The average Bonchev–Trinajstić information content (AvgIpc) is 3.23. The summed E-state index contributed by atoms with van der Waals surface area (Å²) in [7, 11) is 0. The standard InChI is InChI=1S/C28H24O9/c1-18(29)34-28-24(37-27(32)21-15-9-4-10-16-21)23(36-26(31)20-13-7-3-8-14-20)22(35-28)17-33-25(30)19-11-5-2-6-12-19/h2-16,22-24,28H,17H2,1H3/t22-,23-,24-,28-/m1/s1/i28+2. The second kappa shape index (κ2) is 12.0. The van der Waals surface area contributed by atoms with Gasteiger partial charge in [0.15, 0.2) is 6.10 Å². The zero-order valence-corrected chi connectivity index (χ0v) is 19.9. The largest absolute Gasteiger partial charge is 0.459 e. The highest BCUT2D eigenvalue weighted by molar-refractivity contribution is 5.91. The number of ether oxygens (including phenoxy) is 5. The number of carbonyl (C=O) groups excluding carboxylic acids is 4. The molecule has 37 heavy (non-hydrogen) atoms. The Labute approximate surface area is 212 Å². The molecule has 0 radical (unpaired) electrons. The molecule has 4 rings (SSSR count). The molecule has 0 aliphatic carbocycles. The van der Waals surface area contributed by atoms with Crippen LogP contribution < -0.4 is 0 Å². The Balaban J connectivity index is 1.58. The van der Waals surface area contributed by atoms with Crippen molar-refractivity contribution in [2.24, 2.45) is 0 Å². The van der Waals surface area contributed by atoms with Gasteiger partial charge in [-0.05, 0) is 36.4 Å². The smallest absolute Gasteiger partial charge is 0.338 e. The molecule has 1 aliphatic rings. The maximum Gasteiger partial charge on any atom is 0.338 e. The molecule has 190 valence electrons. The van der Waals surface area contributed by atoms with Gasteiger partial charge in [0.2, 0.25) is 12.4 Å². The van der Waals surface area contributed by atoms with E-state index in [4.69, 9.17) is 23.7 Å². The summed E-state index contributed by atoms with van der Waals surface area (Å²) in [6.07, 6.45) is -5.09. The Morgan fingerprint density at radius 3 is 1.65 bits per heavy atom. The van der Waals surface area contributed by atoms with Crippen molar-refractivity contribution >= 4 is 23.9 Å². The maximum atomic E-state index is 12.9. The van der Waals surface area contributed by atoms with Gasteiger partial charge >= 0.3 is 23.9 Å². The van der Waals surface area contributed by atoms with Crippen LogP contribution in [0.4, 0.5) is 0 Å². The van der Waals surface area contributed by atoms with Crippen LogP contribution in [0.25, 0.3) is 0 Å². The van der Waals surface area contributed by atoms with Crippen molar-refractivity contribution < 1.29 is 42.9 Å². The molecule has 0 bridgehead atoms. The second-order valence-electron chi connectivity index (χ2n) is 8.09. The van der Waals surface area contributed by atoms with Gasteiger partial charge in [0, 0.05) is 6.92 Å². The van der Waals surface area contributed by atoms with Gasteiger partial charge in [0.1, 0.15) is 12.7 Å². The summed E-state index contributed by atoms with van der Waals surface area (Å²) in [4.78, 5) is 50.0. The fraction of sp³-hybridized carbons (Fsp3) is 0.214. The van der Waals surface area contributed by atoms with Crippen LogP contribution >= 0.6 is 0 Å². The van der Waals surface area contributed by atoms with Crippen molar-refractivity contribution in [3.63, 3.8) is 0 Å². The Bertz CT molecular complexity index is 1230. The third-order valence-corrected chi connectivity index (χ3v) is 5.44. The van der Waals surface area contributed by atoms with E-state index in [0.717, 1.165) is 6.92 Å². The van der Waals surface area contributed by atoms with Crippen LogP contribution in [0.1, 0.15) is 38.0 Å². The molecule has 0 amide bonds. The molecule has 1 fully saturated rings. The lowest BCUT2D eigenvalue weighted by Crippen LogP contribution is -2.42. The first kappa shape index (κ1) is 25.6. The van der Waals surface area contributed by atoms with Crippen molar-refractivity contribution in [1.82, 2.24) is 0 Å². The third kappa shape index (κ3) is 6.59. The molecule has 9 nitrogen and oxygen atoms in total. The van der Waals surface area contributed by atoms with Gasteiger partial charge in [0.25, 0.3) is 0 Å². The average molecular weight is 506 g/mol. The molecule has 9 heteroatoms. The summed E-state index contributed by atoms with van der Waals surface area (Å²) in [5, 5.41) is 0. The van der Waals surface area contributed by atoms with Gasteiger partial charge in [-0.25, -0.2) is 14.4 Å². The van der Waals surface area contributed by atoms with E-state index >= 15 is 0 Å². The van der Waals surface area contributed by atoms with E-state index in [1.807, 2.05) is 0 Å². The fourth-order valence-corrected chi connectivity index (χ4v) is 3.70. The first-order valence-corrected chi connectivity index (χ1v) is 11.5. The topological polar surface area (TPSA) is 114 Å². The highest BCUT2D eigenvalue weighted by atomic mass is 17.0. The first-order chi connectivity index (χ1) is 17.9. The molecule has 4 atom stereocenters. The molecular formula is C28H24O9. The first-order valence-electron chi connectivity index (χ1n) is 11.5. The van der Waals surface area contributed by atoms with Crippen LogP contribution in [0.5, 0.6) is 0 Å². The predicted molar refractivity (Wildman–Crippen MR) is 128 cm³/mol. The molecule has 0 spiro atoms. The van der Waals surface area contributed by atoms with E-state index in [1.165, 1.54) is 0 Å². The van der Waals surface area contributed by atoms with Gasteiger partial charge in [-0.3, -0.25) is 4.79 Å². The van der Waals surface area contributed by atoms with E-state index in [2.05, 4.69) is 0 Å². The highest BCUT2D eigenvalue weighted by Gasteiger charge is 2.52. The molecule has 1 saturated heterocycles. The second-order valence-corrected chi connectivity index (χ2v) is 8.09. The molecule has 1 heterocycles. The minimum Gasteiger partial charge on any atom is -0.459 e. The Kier molecular flexibility index (Phi) is 8.27. The fourth-order valence-electron chi connectivity index (χ4n) is 3.70. The summed E-state index contributed by atoms with van der Waals surface area (Å²) in [6, 6.07) is 24.6. The monoisotopic (exact) mass is 506 g/mol. The quantitative estimate of drug-likeness (QED) is 0.334. The SMILES string of the molecule is CC(=O)O[14C@@H]1O[C@H](COC(=O)c2ccccc2)[C@@H](OC(=O)c2ccccc2)[C@H]1OC(=O)c1ccccc1. The molecule has 0 N–H and O–H groups in total. The Morgan fingerprint density at radius 2 is 1.16 bits per heavy atom. The zero-order chi connectivity index (χ0) is 26.2. The number of hydrogen-bond donors (Lipinski definition) is 0. The van der Waals surface area contributed by atoms with Crippen molar-refractivity contribution in [3.8, 4) is 0 Å². The van der Waals surface area contributed by atoms with Crippen molar-refractivity contribution in [2.45, 2.75) is 31.5 Å². The van der Waals surface area contributed by atoms with Crippen LogP contribution in [0.2, 0.25) is 0 Å². The summed E-state index contributed by atoms with van der Waals surface area (Å²) in [5.74, 6) is -2.81. The van der Waals surface area contributed by atoms with E-state index in [0.29, 0.717) is 5.56 Å². The molecule has 1 aliphatic heterocycles. The molecule has 3 aromatic rings. The molecule has 3 aromatic carbocycles. The number of hydrogen-bond acceptors (Lipinski definition) is 9. The molecule has 0 aromatic heterocycles. The normalized spacial score (nSPS) is 20.5. The maximum absolute atomic E-state index is 12.9.